The van der Waals surface area contributed by atoms with Crippen molar-refractivity contribution in [1.82, 2.24) is 9.97 Å². The average Bonchev–Trinajstić information content (AvgIpc) is 2.46. The van der Waals surface area contributed by atoms with Gasteiger partial charge in [0.05, 0.1) is 28.6 Å². The SMILES string of the molecule is COc1c(Cl)cc(Cl)cc1-c1nc2ccccc2c(=O)[nH]1. The second-order valence-corrected chi connectivity index (χ2v) is 5.24. The topological polar surface area (TPSA) is 55.0 Å². The maximum atomic E-state index is 12.1. The summed E-state index contributed by atoms with van der Waals surface area (Å²) in [5, 5.41) is 1.32. The van der Waals surface area contributed by atoms with Gasteiger partial charge in [0.1, 0.15) is 11.6 Å². The number of aromatic nitrogens is 2. The van der Waals surface area contributed by atoms with Gasteiger partial charge in [-0.2, -0.15) is 0 Å². The average molecular weight is 321 g/mol. The first-order chi connectivity index (χ1) is 10.1. The van der Waals surface area contributed by atoms with Crippen LogP contribution in [0.25, 0.3) is 22.3 Å². The van der Waals surface area contributed by atoms with Crippen LogP contribution >= 0.6 is 23.2 Å². The lowest BCUT2D eigenvalue weighted by molar-refractivity contribution is 0.416. The molecule has 1 heterocycles. The molecule has 1 aromatic heterocycles. The quantitative estimate of drug-likeness (QED) is 0.779. The number of aromatic amines is 1. The minimum atomic E-state index is -0.228. The molecule has 0 aliphatic rings. The van der Waals surface area contributed by atoms with Crippen LogP contribution in [0.3, 0.4) is 0 Å². The summed E-state index contributed by atoms with van der Waals surface area (Å²) in [4.78, 5) is 19.3. The van der Waals surface area contributed by atoms with Crippen LogP contribution < -0.4 is 10.3 Å². The van der Waals surface area contributed by atoms with Crippen molar-refractivity contribution >= 4 is 34.1 Å². The second kappa shape index (κ2) is 5.39. The fourth-order valence-electron chi connectivity index (χ4n) is 2.16. The molecule has 0 spiro atoms. The third-order valence-corrected chi connectivity index (χ3v) is 3.58. The van der Waals surface area contributed by atoms with Crippen LogP contribution in [0.1, 0.15) is 0 Å². The van der Waals surface area contributed by atoms with Gasteiger partial charge in [-0.3, -0.25) is 4.79 Å². The highest BCUT2D eigenvalue weighted by molar-refractivity contribution is 6.36. The van der Waals surface area contributed by atoms with Crippen molar-refractivity contribution in [3.05, 3.63) is 56.8 Å². The van der Waals surface area contributed by atoms with Crippen molar-refractivity contribution in [1.29, 1.82) is 0 Å². The zero-order valence-electron chi connectivity index (χ0n) is 11.0. The van der Waals surface area contributed by atoms with Crippen molar-refractivity contribution in [3.63, 3.8) is 0 Å². The molecule has 4 nitrogen and oxygen atoms in total. The van der Waals surface area contributed by atoms with E-state index in [4.69, 9.17) is 27.9 Å². The van der Waals surface area contributed by atoms with Crippen molar-refractivity contribution < 1.29 is 4.74 Å². The van der Waals surface area contributed by atoms with Crippen LogP contribution in [-0.2, 0) is 0 Å². The molecule has 0 saturated heterocycles. The molecule has 0 radical (unpaired) electrons. The highest BCUT2D eigenvalue weighted by Crippen LogP contribution is 2.37. The Hall–Kier alpha value is -2.04. The Morgan fingerprint density at radius 3 is 2.71 bits per heavy atom. The van der Waals surface area contributed by atoms with Gasteiger partial charge >= 0.3 is 0 Å². The first-order valence-electron chi connectivity index (χ1n) is 6.12. The number of hydrogen-bond acceptors (Lipinski definition) is 3. The summed E-state index contributed by atoms with van der Waals surface area (Å²) in [5.74, 6) is 0.777. The summed E-state index contributed by atoms with van der Waals surface area (Å²) in [7, 11) is 1.50. The zero-order chi connectivity index (χ0) is 15.0. The molecule has 0 aliphatic carbocycles. The number of para-hydroxylation sites is 1. The number of halogens is 2. The number of nitrogens with zero attached hydrogens (tertiary/aromatic N) is 1. The Balaban J connectivity index is 2.33. The van der Waals surface area contributed by atoms with Gasteiger partial charge in [-0.25, -0.2) is 4.98 Å². The largest absolute Gasteiger partial charge is 0.494 e. The Morgan fingerprint density at radius 1 is 1.19 bits per heavy atom. The molecule has 0 unspecified atom stereocenters. The molecular weight excluding hydrogens is 311 g/mol. The maximum Gasteiger partial charge on any atom is 0.259 e. The third kappa shape index (κ3) is 2.48. The van der Waals surface area contributed by atoms with Crippen LogP contribution in [-0.4, -0.2) is 17.1 Å². The number of fused-ring (bicyclic) bond motifs is 1. The lowest BCUT2D eigenvalue weighted by Gasteiger charge is -2.11. The van der Waals surface area contributed by atoms with Crippen molar-refractivity contribution in [3.8, 4) is 17.1 Å². The first kappa shape index (κ1) is 13.9. The molecule has 3 rings (SSSR count). The van der Waals surface area contributed by atoms with E-state index in [9.17, 15) is 4.79 Å². The maximum absolute atomic E-state index is 12.1. The van der Waals surface area contributed by atoms with E-state index in [-0.39, 0.29) is 5.56 Å². The number of H-pyrrole nitrogens is 1. The fraction of sp³-hybridized carbons (Fsp3) is 0.0667. The molecule has 3 aromatic rings. The summed E-state index contributed by atoms with van der Waals surface area (Å²) in [5.41, 5.74) is 0.904. The molecule has 106 valence electrons. The predicted molar refractivity (Wildman–Crippen MR) is 84.4 cm³/mol. The number of nitrogens with one attached hydrogen (secondary N) is 1. The van der Waals surface area contributed by atoms with E-state index in [0.717, 1.165) is 0 Å². The van der Waals surface area contributed by atoms with E-state index in [2.05, 4.69) is 9.97 Å². The Bertz CT molecular complexity index is 890. The Morgan fingerprint density at radius 2 is 1.95 bits per heavy atom. The number of hydrogen-bond donors (Lipinski definition) is 1. The molecule has 6 heteroatoms. The molecule has 0 bridgehead atoms. The van der Waals surface area contributed by atoms with E-state index in [1.807, 2.05) is 6.07 Å². The zero-order valence-corrected chi connectivity index (χ0v) is 12.5. The Kier molecular flexibility index (Phi) is 3.57. The van der Waals surface area contributed by atoms with Gasteiger partial charge in [-0.15, -0.1) is 0 Å². The lowest BCUT2D eigenvalue weighted by Crippen LogP contribution is -2.09. The van der Waals surface area contributed by atoms with E-state index >= 15 is 0 Å². The highest BCUT2D eigenvalue weighted by atomic mass is 35.5. The monoisotopic (exact) mass is 320 g/mol. The molecule has 0 fully saturated rings. The van der Waals surface area contributed by atoms with E-state index in [0.29, 0.717) is 38.1 Å². The summed E-state index contributed by atoms with van der Waals surface area (Å²) >= 11 is 12.1. The second-order valence-electron chi connectivity index (χ2n) is 4.40. The van der Waals surface area contributed by atoms with E-state index in [1.54, 1.807) is 30.3 Å². The van der Waals surface area contributed by atoms with Crippen LogP contribution in [0.5, 0.6) is 5.75 Å². The summed E-state index contributed by atoms with van der Waals surface area (Å²) in [6.45, 7) is 0. The summed E-state index contributed by atoms with van der Waals surface area (Å²) in [6.07, 6.45) is 0. The lowest BCUT2D eigenvalue weighted by atomic mass is 10.1. The van der Waals surface area contributed by atoms with E-state index < -0.39 is 0 Å². The number of benzene rings is 2. The van der Waals surface area contributed by atoms with Crippen LogP contribution in [0.15, 0.2) is 41.2 Å². The molecule has 0 atom stereocenters. The van der Waals surface area contributed by atoms with Crippen LogP contribution in [0, 0.1) is 0 Å². The van der Waals surface area contributed by atoms with Gasteiger partial charge < -0.3 is 9.72 Å². The molecule has 0 amide bonds. The minimum absolute atomic E-state index is 0.228. The molecule has 1 N–H and O–H groups in total. The number of rotatable bonds is 2. The van der Waals surface area contributed by atoms with Crippen LogP contribution in [0.2, 0.25) is 10.0 Å². The smallest absolute Gasteiger partial charge is 0.259 e. The molecule has 2 aromatic carbocycles. The van der Waals surface area contributed by atoms with E-state index in [1.165, 1.54) is 7.11 Å². The molecule has 21 heavy (non-hydrogen) atoms. The van der Waals surface area contributed by atoms with Gasteiger partial charge in [0.15, 0.2) is 0 Å². The fourth-order valence-corrected chi connectivity index (χ4v) is 2.73. The highest BCUT2D eigenvalue weighted by Gasteiger charge is 2.15. The predicted octanol–water partition coefficient (Wildman–Crippen LogP) is 3.91. The van der Waals surface area contributed by atoms with Gasteiger partial charge in [0.25, 0.3) is 5.56 Å². The Labute approximate surface area is 130 Å². The summed E-state index contributed by atoms with van der Waals surface area (Å²) < 4.78 is 5.28. The van der Waals surface area contributed by atoms with Crippen molar-refractivity contribution in [2.45, 2.75) is 0 Å². The van der Waals surface area contributed by atoms with Gasteiger partial charge in [-0.1, -0.05) is 35.3 Å². The molecule has 0 aliphatic heterocycles. The van der Waals surface area contributed by atoms with Gasteiger partial charge in [0.2, 0.25) is 0 Å². The summed E-state index contributed by atoms with van der Waals surface area (Å²) in [6, 6.07) is 10.3. The third-order valence-electron chi connectivity index (χ3n) is 3.08. The standard InChI is InChI=1S/C15H10Cl2N2O2/c1-21-13-10(6-8(16)7-11(13)17)14-18-12-5-3-2-4-9(12)15(20)19-14/h2-7H,1H3,(H,18,19,20). The number of methoxy groups -OCH3 is 1. The normalized spacial score (nSPS) is 10.8. The van der Waals surface area contributed by atoms with Crippen molar-refractivity contribution in [2.75, 3.05) is 7.11 Å². The molecular formula is C15H10Cl2N2O2. The minimum Gasteiger partial charge on any atom is -0.494 e. The first-order valence-corrected chi connectivity index (χ1v) is 6.88. The van der Waals surface area contributed by atoms with Crippen LogP contribution in [0.4, 0.5) is 0 Å². The molecule has 0 saturated carbocycles. The van der Waals surface area contributed by atoms with Crippen molar-refractivity contribution in [2.24, 2.45) is 0 Å². The number of ether oxygens (including phenoxy) is 1. The van der Waals surface area contributed by atoms with Gasteiger partial charge in [-0.05, 0) is 24.3 Å². The van der Waals surface area contributed by atoms with Gasteiger partial charge in [0, 0.05) is 5.02 Å².